The molecule has 0 unspecified atom stereocenters. The summed E-state index contributed by atoms with van der Waals surface area (Å²) in [4.78, 5) is 36.0. The van der Waals surface area contributed by atoms with E-state index in [-0.39, 0.29) is 11.4 Å². The van der Waals surface area contributed by atoms with Gasteiger partial charge in [-0.1, -0.05) is 28.9 Å². The summed E-state index contributed by atoms with van der Waals surface area (Å²) in [7, 11) is 2.80. The van der Waals surface area contributed by atoms with E-state index in [2.05, 4.69) is 15.6 Å². The fraction of sp³-hybridized carbons (Fsp3) is 0.133. The number of benzene rings is 1. The summed E-state index contributed by atoms with van der Waals surface area (Å²) in [5.41, 5.74) is -0.589. The summed E-state index contributed by atoms with van der Waals surface area (Å²) in [6, 6.07) is 6.95. The molecule has 9 nitrogen and oxygen atoms in total. The number of amides is 1. The van der Waals surface area contributed by atoms with Gasteiger partial charge in [-0.15, -0.1) is 5.10 Å². The van der Waals surface area contributed by atoms with Gasteiger partial charge < -0.3 is 9.88 Å². The zero-order chi connectivity index (χ0) is 18.1. The molecule has 0 fully saturated rings. The number of nitrogens with one attached hydrogen (secondary N) is 1. The van der Waals surface area contributed by atoms with Crippen LogP contribution in [0.15, 0.2) is 46.2 Å². The Hall–Kier alpha value is -3.20. The molecule has 10 heteroatoms. The Labute approximate surface area is 146 Å². The van der Waals surface area contributed by atoms with Crippen molar-refractivity contribution in [1.82, 2.24) is 24.1 Å². The van der Waals surface area contributed by atoms with Gasteiger partial charge in [0.1, 0.15) is 5.69 Å². The number of anilines is 1. The van der Waals surface area contributed by atoms with Gasteiger partial charge in [-0.3, -0.25) is 14.2 Å². The number of aromatic nitrogens is 5. The maximum atomic E-state index is 12.3. The van der Waals surface area contributed by atoms with Crippen LogP contribution in [-0.2, 0) is 14.1 Å². The third-order valence-corrected chi connectivity index (χ3v) is 3.84. The van der Waals surface area contributed by atoms with Crippen molar-refractivity contribution in [1.29, 1.82) is 0 Å². The van der Waals surface area contributed by atoms with Crippen LogP contribution in [0.1, 0.15) is 10.5 Å². The fourth-order valence-electron chi connectivity index (χ4n) is 2.20. The highest BCUT2D eigenvalue weighted by Gasteiger charge is 2.16. The second-order valence-electron chi connectivity index (χ2n) is 5.25. The molecule has 3 aromatic rings. The van der Waals surface area contributed by atoms with Gasteiger partial charge >= 0.3 is 5.69 Å². The van der Waals surface area contributed by atoms with Crippen LogP contribution in [0, 0.1) is 0 Å². The van der Waals surface area contributed by atoms with E-state index in [9.17, 15) is 14.4 Å². The molecule has 3 rings (SSSR count). The molecule has 128 valence electrons. The average molecular weight is 361 g/mol. The second-order valence-corrected chi connectivity index (χ2v) is 5.66. The quantitative estimate of drug-likeness (QED) is 0.735. The summed E-state index contributed by atoms with van der Waals surface area (Å²) in [5.74, 6) is -0.631. The standard InChI is InChI=1S/C15H13ClN6O3/c1-20-7-11(14(24)21(2)15(20)25)17-13(23)10-8-22(19-18-10)12-6-4-3-5-9(12)16/h3-8H,1-2H3,(H,17,23). The number of hydrogen-bond donors (Lipinski definition) is 1. The van der Waals surface area contributed by atoms with Crippen LogP contribution in [0.2, 0.25) is 5.02 Å². The van der Waals surface area contributed by atoms with E-state index >= 15 is 0 Å². The van der Waals surface area contributed by atoms with Crippen molar-refractivity contribution in [2.24, 2.45) is 14.1 Å². The van der Waals surface area contributed by atoms with Crippen LogP contribution in [0.3, 0.4) is 0 Å². The van der Waals surface area contributed by atoms with Crippen molar-refractivity contribution in [3.05, 3.63) is 68.2 Å². The van der Waals surface area contributed by atoms with Crippen molar-refractivity contribution in [2.45, 2.75) is 0 Å². The Morgan fingerprint density at radius 2 is 1.88 bits per heavy atom. The van der Waals surface area contributed by atoms with Gasteiger partial charge in [0.2, 0.25) is 0 Å². The van der Waals surface area contributed by atoms with E-state index in [0.717, 1.165) is 4.57 Å². The minimum absolute atomic E-state index is 0.00386. The molecule has 1 amide bonds. The topological polar surface area (TPSA) is 104 Å². The number of hydrogen-bond acceptors (Lipinski definition) is 5. The summed E-state index contributed by atoms with van der Waals surface area (Å²) < 4.78 is 3.45. The number of aryl methyl sites for hydroxylation is 1. The van der Waals surface area contributed by atoms with Crippen LogP contribution < -0.4 is 16.6 Å². The predicted molar refractivity (Wildman–Crippen MR) is 91.2 cm³/mol. The molecule has 0 aliphatic heterocycles. The van der Waals surface area contributed by atoms with E-state index in [1.54, 1.807) is 24.3 Å². The van der Waals surface area contributed by atoms with Crippen LogP contribution >= 0.6 is 11.6 Å². The number of rotatable bonds is 3. The highest BCUT2D eigenvalue weighted by Crippen LogP contribution is 2.18. The first-order chi connectivity index (χ1) is 11.9. The largest absolute Gasteiger partial charge is 0.330 e. The zero-order valence-electron chi connectivity index (χ0n) is 13.3. The normalized spacial score (nSPS) is 10.7. The Balaban J connectivity index is 1.90. The molecule has 0 saturated heterocycles. The number of halogens is 1. The van der Waals surface area contributed by atoms with Crippen LogP contribution in [0.5, 0.6) is 0 Å². The molecule has 0 aliphatic rings. The summed E-state index contributed by atoms with van der Waals surface area (Å²) >= 11 is 6.08. The molecule has 1 aromatic carbocycles. The smallest absolute Gasteiger partial charge is 0.315 e. The summed E-state index contributed by atoms with van der Waals surface area (Å²) in [5, 5.41) is 10.5. The minimum atomic E-state index is -0.631. The van der Waals surface area contributed by atoms with Gasteiger partial charge in [0.25, 0.3) is 11.5 Å². The van der Waals surface area contributed by atoms with Crippen molar-refractivity contribution in [3.63, 3.8) is 0 Å². The molecular formula is C15H13ClN6O3. The number of carbonyl (C=O) groups excluding carboxylic acids is 1. The molecule has 0 spiro atoms. The summed E-state index contributed by atoms with van der Waals surface area (Å²) in [6.45, 7) is 0. The number of para-hydroxylation sites is 1. The van der Waals surface area contributed by atoms with Gasteiger partial charge in [0.05, 0.1) is 16.9 Å². The molecule has 0 bridgehead atoms. The van der Waals surface area contributed by atoms with E-state index in [0.29, 0.717) is 10.7 Å². The minimum Gasteiger partial charge on any atom is -0.315 e. The lowest BCUT2D eigenvalue weighted by Crippen LogP contribution is -2.38. The van der Waals surface area contributed by atoms with Gasteiger partial charge in [0.15, 0.2) is 5.69 Å². The molecule has 2 aromatic heterocycles. The monoisotopic (exact) mass is 360 g/mol. The highest BCUT2D eigenvalue weighted by molar-refractivity contribution is 6.32. The first kappa shape index (κ1) is 16.7. The van der Waals surface area contributed by atoms with Crippen molar-refractivity contribution >= 4 is 23.2 Å². The maximum Gasteiger partial charge on any atom is 0.330 e. The number of nitrogens with zero attached hydrogens (tertiary/aromatic N) is 5. The maximum absolute atomic E-state index is 12.3. The Morgan fingerprint density at radius 1 is 1.16 bits per heavy atom. The van der Waals surface area contributed by atoms with Gasteiger partial charge in [-0.25, -0.2) is 9.48 Å². The lowest BCUT2D eigenvalue weighted by molar-refractivity contribution is 0.102. The van der Waals surface area contributed by atoms with E-state index in [1.165, 1.54) is 35.7 Å². The van der Waals surface area contributed by atoms with Gasteiger partial charge in [0, 0.05) is 20.3 Å². The molecule has 0 aliphatic carbocycles. The van der Waals surface area contributed by atoms with Crippen molar-refractivity contribution in [2.75, 3.05) is 5.32 Å². The average Bonchev–Trinajstić information content (AvgIpc) is 3.08. The van der Waals surface area contributed by atoms with Crippen molar-refractivity contribution in [3.8, 4) is 5.69 Å². The molecule has 25 heavy (non-hydrogen) atoms. The van der Waals surface area contributed by atoms with Crippen LogP contribution in [0.4, 0.5) is 5.69 Å². The van der Waals surface area contributed by atoms with E-state index in [1.807, 2.05) is 0 Å². The third kappa shape index (κ3) is 3.09. The Morgan fingerprint density at radius 3 is 2.60 bits per heavy atom. The van der Waals surface area contributed by atoms with Crippen molar-refractivity contribution < 1.29 is 4.79 Å². The summed E-state index contributed by atoms with van der Waals surface area (Å²) in [6.07, 6.45) is 2.64. The van der Waals surface area contributed by atoms with Crippen LogP contribution in [-0.4, -0.2) is 30.0 Å². The molecule has 0 saturated carbocycles. The Kier molecular flexibility index (Phi) is 4.24. The Bertz CT molecular complexity index is 1080. The zero-order valence-corrected chi connectivity index (χ0v) is 14.1. The van der Waals surface area contributed by atoms with Crippen LogP contribution in [0.25, 0.3) is 5.69 Å². The molecular weight excluding hydrogens is 348 g/mol. The first-order valence-electron chi connectivity index (χ1n) is 7.13. The SMILES string of the molecule is Cn1cc(NC(=O)c2cn(-c3ccccc3Cl)nn2)c(=O)n(C)c1=O. The lowest BCUT2D eigenvalue weighted by atomic mass is 10.3. The molecule has 0 atom stereocenters. The fourth-order valence-corrected chi connectivity index (χ4v) is 2.43. The molecule has 0 radical (unpaired) electrons. The second kappa shape index (κ2) is 6.36. The number of carbonyl (C=O) groups is 1. The third-order valence-electron chi connectivity index (χ3n) is 3.52. The van der Waals surface area contributed by atoms with E-state index in [4.69, 9.17) is 11.6 Å². The highest BCUT2D eigenvalue weighted by atomic mass is 35.5. The van der Waals surface area contributed by atoms with Gasteiger partial charge in [-0.2, -0.15) is 0 Å². The van der Waals surface area contributed by atoms with E-state index < -0.39 is 17.2 Å². The molecule has 2 heterocycles. The van der Waals surface area contributed by atoms with Gasteiger partial charge in [-0.05, 0) is 12.1 Å². The lowest BCUT2D eigenvalue weighted by Gasteiger charge is -2.07. The first-order valence-corrected chi connectivity index (χ1v) is 7.51. The molecule has 1 N–H and O–H groups in total. The predicted octanol–water partition coefficient (Wildman–Crippen LogP) is 0.570.